The maximum absolute atomic E-state index is 10.9. The van der Waals surface area contributed by atoms with Gasteiger partial charge in [0.2, 0.25) is 0 Å². The molecule has 2 rings (SSSR count). The molecule has 0 aromatic carbocycles. The summed E-state index contributed by atoms with van der Waals surface area (Å²) in [5.74, 6) is 0.622. The van der Waals surface area contributed by atoms with Gasteiger partial charge in [-0.25, -0.2) is 9.24 Å². The Morgan fingerprint density at radius 1 is 1.40 bits per heavy atom. The molecule has 2 aromatic rings. The van der Waals surface area contributed by atoms with Gasteiger partial charge in [0.15, 0.2) is 11.5 Å². The van der Waals surface area contributed by atoms with E-state index in [0.29, 0.717) is 11.5 Å². The zero-order valence-electron chi connectivity index (χ0n) is 12.3. The zero-order valence-corrected chi connectivity index (χ0v) is 13.1. The van der Waals surface area contributed by atoms with Gasteiger partial charge in [0, 0.05) is 28.4 Å². The van der Waals surface area contributed by atoms with Gasteiger partial charge in [0.25, 0.3) is 0 Å². The lowest BCUT2D eigenvalue weighted by molar-refractivity contribution is 0.423. The molecule has 2 N–H and O–H groups in total. The molecule has 0 aliphatic heterocycles. The minimum Gasteiger partial charge on any atom is -0.760 e. The van der Waals surface area contributed by atoms with Crippen molar-refractivity contribution in [3.8, 4) is 0 Å². The molecule has 0 amide bonds. The summed E-state index contributed by atoms with van der Waals surface area (Å²) in [7, 11) is 0. The van der Waals surface area contributed by atoms with Crippen LogP contribution < -0.4 is 4.72 Å². The quantitative estimate of drug-likeness (QED) is 0.834. The lowest BCUT2D eigenvalue weighted by Gasteiger charge is -2.21. The second kappa shape index (κ2) is 5.27. The van der Waals surface area contributed by atoms with E-state index >= 15 is 0 Å². The van der Waals surface area contributed by atoms with Crippen LogP contribution in [-0.4, -0.2) is 28.6 Å². The summed E-state index contributed by atoms with van der Waals surface area (Å²) < 4.78 is 26.1. The van der Waals surface area contributed by atoms with Crippen LogP contribution in [0.15, 0.2) is 6.07 Å². The van der Waals surface area contributed by atoms with Crippen molar-refractivity contribution in [3.63, 3.8) is 0 Å². The third-order valence-corrected chi connectivity index (χ3v) is 3.64. The van der Waals surface area contributed by atoms with Gasteiger partial charge in [0.05, 0.1) is 6.04 Å². The van der Waals surface area contributed by atoms with Crippen LogP contribution in [-0.2, 0) is 16.7 Å². The smallest absolute Gasteiger partial charge is 0.177 e. The number of nitrogens with zero attached hydrogens (tertiary/aromatic N) is 3. The first-order valence-corrected chi connectivity index (χ1v) is 7.57. The predicted molar refractivity (Wildman–Crippen MR) is 75.7 cm³/mol. The summed E-state index contributed by atoms with van der Waals surface area (Å²) in [6.45, 7) is 10.1. The van der Waals surface area contributed by atoms with Crippen molar-refractivity contribution >= 4 is 16.9 Å². The molecule has 112 valence electrons. The summed E-state index contributed by atoms with van der Waals surface area (Å²) in [4.78, 5) is 0. The maximum atomic E-state index is 10.9. The molecule has 0 bridgehead atoms. The lowest BCUT2D eigenvalue weighted by atomic mass is 9.93. The predicted octanol–water partition coefficient (Wildman–Crippen LogP) is 1.44. The number of hydrogen-bond donors (Lipinski definition) is 2. The Morgan fingerprint density at radius 2 is 2.05 bits per heavy atom. The Bertz CT molecular complexity index is 625. The topological polar surface area (TPSA) is 98.1 Å². The molecule has 0 spiro atoms. The third kappa shape index (κ3) is 2.92. The highest BCUT2D eigenvalue weighted by atomic mass is 32.2. The molecule has 2 unspecified atom stereocenters. The standard InChI is InChI=1S/C12H21N5O2S/c1-7(2)10(16-20(18)19)11-14-13-9-6-8(12(3,4)5)15-17(9)11/h6-7,10,15-16H,1-5H3,(H,18,19)/p-1. The number of rotatable bonds is 4. The van der Waals surface area contributed by atoms with Crippen LogP contribution in [0.2, 0.25) is 0 Å². The third-order valence-electron chi connectivity index (χ3n) is 3.19. The van der Waals surface area contributed by atoms with E-state index in [-0.39, 0.29) is 11.3 Å². The fraction of sp³-hybridized carbons (Fsp3) is 0.667. The number of aromatic nitrogens is 4. The molecule has 2 heterocycles. The first-order valence-electron chi connectivity index (χ1n) is 6.50. The van der Waals surface area contributed by atoms with Crippen LogP contribution in [0.3, 0.4) is 0 Å². The molecule has 2 aromatic heterocycles. The molecule has 0 fully saturated rings. The Balaban J connectivity index is 2.47. The van der Waals surface area contributed by atoms with Crippen LogP contribution in [0.1, 0.15) is 52.2 Å². The lowest BCUT2D eigenvalue weighted by Crippen LogP contribution is -2.29. The summed E-state index contributed by atoms with van der Waals surface area (Å²) in [6.07, 6.45) is 0. The fourth-order valence-electron chi connectivity index (χ4n) is 1.98. The molecule has 7 nitrogen and oxygen atoms in total. The summed E-state index contributed by atoms with van der Waals surface area (Å²) in [6, 6.07) is 1.51. The summed E-state index contributed by atoms with van der Waals surface area (Å²) in [5.41, 5.74) is 1.67. The second-order valence-corrected chi connectivity index (χ2v) is 6.95. The summed E-state index contributed by atoms with van der Waals surface area (Å²) in [5, 5.41) is 11.4. The Hall–Kier alpha value is -1.25. The van der Waals surface area contributed by atoms with E-state index in [4.69, 9.17) is 0 Å². The zero-order chi connectivity index (χ0) is 15.1. The van der Waals surface area contributed by atoms with E-state index in [0.717, 1.165) is 5.69 Å². The van der Waals surface area contributed by atoms with Crippen molar-refractivity contribution in [1.29, 1.82) is 0 Å². The van der Waals surface area contributed by atoms with Crippen molar-refractivity contribution in [1.82, 2.24) is 24.5 Å². The number of aromatic amines is 1. The monoisotopic (exact) mass is 298 g/mol. The molecule has 8 heteroatoms. The van der Waals surface area contributed by atoms with Gasteiger partial charge in [-0.15, -0.1) is 10.2 Å². The normalized spacial score (nSPS) is 15.9. The number of fused-ring (bicyclic) bond motifs is 1. The first kappa shape index (κ1) is 15.1. The maximum Gasteiger partial charge on any atom is 0.177 e. The second-order valence-electron chi connectivity index (χ2n) is 6.25. The van der Waals surface area contributed by atoms with Gasteiger partial charge >= 0.3 is 0 Å². The van der Waals surface area contributed by atoms with Crippen molar-refractivity contribution in [2.45, 2.75) is 46.1 Å². The SMILES string of the molecule is CC(C)C(NS(=O)[O-])c1nnc2cc(C(C)(C)C)[nH]n12. The number of nitrogens with one attached hydrogen (secondary N) is 2. The number of H-pyrrole nitrogens is 1. The molecular weight excluding hydrogens is 278 g/mol. The van der Waals surface area contributed by atoms with Crippen molar-refractivity contribution < 1.29 is 8.76 Å². The molecular formula is C12H20N5O2S-. The van der Waals surface area contributed by atoms with Gasteiger partial charge < -0.3 is 4.55 Å². The molecule has 0 aliphatic carbocycles. The molecule has 0 radical (unpaired) electrons. The van der Waals surface area contributed by atoms with E-state index in [9.17, 15) is 8.76 Å². The van der Waals surface area contributed by atoms with Gasteiger partial charge in [-0.1, -0.05) is 34.6 Å². The first-order chi connectivity index (χ1) is 9.20. The van der Waals surface area contributed by atoms with Crippen LogP contribution in [0.4, 0.5) is 0 Å². The Kier molecular flexibility index (Phi) is 3.99. The summed E-state index contributed by atoms with van der Waals surface area (Å²) >= 11 is -2.35. The largest absolute Gasteiger partial charge is 0.760 e. The minimum atomic E-state index is -2.35. The van der Waals surface area contributed by atoms with Crippen LogP contribution in [0, 0.1) is 5.92 Å². The Labute approximate surface area is 120 Å². The van der Waals surface area contributed by atoms with Crippen LogP contribution >= 0.6 is 0 Å². The fourth-order valence-corrected chi connectivity index (χ4v) is 2.56. The van der Waals surface area contributed by atoms with E-state index in [2.05, 4.69) is 40.8 Å². The molecule has 2 atom stereocenters. The van der Waals surface area contributed by atoms with Gasteiger partial charge in [-0.2, -0.15) is 0 Å². The molecule has 0 saturated carbocycles. The molecule has 0 aliphatic rings. The van der Waals surface area contributed by atoms with E-state index < -0.39 is 17.3 Å². The highest BCUT2D eigenvalue weighted by Crippen LogP contribution is 2.25. The molecule has 20 heavy (non-hydrogen) atoms. The minimum absolute atomic E-state index is 0.0416. The van der Waals surface area contributed by atoms with E-state index in [1.54, 1.807) is 4.52 Å². The van der Waals surface area contributed by atoms with Crippen LogP contribution in [0.25, 0.3) is 5.65 Å². The van der Waals surface area contributed by atoms with E-state index in [1.807, 2.05) is 19.9 Å². The average molecular weight is 298 g/mol. The van der Waals surface area contributed by atoms with Gasteiger partial charge in [-0.05, 0) is 5.92 Å². The van der Waals surface area contributed by atoms with E-state index in [1.165, 1.54) is 0 Å². The molecule has 0 saturated heterocycles. The van der Waals surface area contributed by atoms with Crippen molar-refractivity contribution in [2.24, 2.45) is 5.92 Å². The van der Waals surface area contributed by atoms with Crippen molar-refractivity contribution in [3.05, 3.63) is 17.6 Å². The average Bonchev–Trinajstić information content (AvgIpc) is 2.83. The van der Waals surface area contributed by atoms with Crippen LogP contribution in [0.5, 0.6) is 0 Å². The number of hydrogen-bond acceptors (Lipinski definition) is 4. The van der Waals surface area contributed by atoms with Gasteiger partial charge in [0.1, 0.15) is 0 Å². The Morgan fingerprint density at radius 3 is 2.55 bits per heavy atom. The highest BCUT2D eigenvalue weighted by molar-refractivity contribution is 7.77. The van der Waals surface area contributed by atoms with Gasteiger partial charge in [-0.3, -0.25) is 9.31 Å². The van der Waals surface area contributed by atoms with Crippen molar-refractivity contribution in [2.75, 3.05) is 0 Å². The highest BCUT2D eigenvalue weighted by Gasteiger charge is 2.24.